The molecule has 0 radical (unpaired) electrons. The molecule has 0 aromatic heterocycles. The van der Waals surface area contributed by atoms with E-state index in [9.17, 15) is 9.90 Å². The van der Waals surface area contributed by atoms with Gasteiger partial charge >= 0.3 is 0 Å². The Labute approximate surface area is 151 Å². The summed E-state index contributed by atoms with van der Waals surface area (Å²) < 4.78 is 0. The molecule has 0 bridgehead atoms. The molecule has 3 rings (SSSR count). The maximum absolute atomic E-state index is 12.7. The van der Waals surface area contributed by atoms with Gasteiger partial charge in [0.25, 0.3) is 0 Å². The van der Waals surface area contributed by atoms with E-state index in [1.165, 1.54) is 6.42 Å². The van der Waals surface area contributed by atoms with Crippen molar-refractivity contribution in [1.29, 1.82) is 0 Å². The number of nitrogens with zero attached hydrogens (tertiary/aromatic N) is 2. The van der Waals surface area contributed by atoms with Crippen LogP contribution in [0.25, 0.3) is 0 Å². The molecule has 0 aliphatic carbocycles. The summed E-state index contributed by atoms with van der Waals surface area (Å²) >= 11 is 0. The van der Waals surface area contributed by atoms with Crippen LogP contribution in [0.2, 0.25) is 0 Å². The summed E-state index contributed by atoms with van der Waals surface area (Å²) in [4.78, 5) is 17.1. The van der Waals surface area contributed by atoms with E-state index >= 15 is 0 Å². The monoisotopic (exact) mass is 345 g/mol. The van der Waals surface area contributed by atoms with Crippen LogP contribution in [-0.2, 0) is 4.79 Å². The highest BCUT2D eigenvalue weighted by atomic mass is 16.3. The fourth-order valence-corrected chi connectivity index (χ4v) is 4.03. The van der Waals surface area contributed by atoms with Crippen molar-refractivity contribution < 1.29 is 9.90 Å². The maximum Gasteiger partial charge on any atom is 0.242 e. The van der Waals surface area contributed by atoms with Gasteiger partial charge in [-0.05, 0) is 50.7 Å². The summed E-state index contributed by atoms with van der Waals surface area (Å²) in [5, 5.41) is 13.1. The Morgan fingerprint density at radius 1 is 1.16 bits per heavy atom. The molecule has 1 amide bonds. The Hall–Kier alpha value is -1.75. The van der Waals surface area contributed by atoms with Gasteiger partial charge in [0.1, 0.15) is 0 Å². The van der Waals surface area contributed by atoms with E-state index in [0.717, 1.165) is 63.1 Å². The lowest BCUT2D eigenvalue weighted by Gasteiger charge is -2.36. The highest BCUT2D eigenvalue weighted by molar-refractivity contribution is 5.83. The number of rotatable bonds is 5. The quantitative estimate of drug-likeness (QED) is 0.862. The molecule has 2 fully saturated rings. The lowest BCUT2D eigenvalue weighted by atomic mass is 10.00. The standard InChI is InChI=1S/C20H31N3O2/c1-2-16-7-5-6-12-23(16)20(25)15-21-18-8-3-4-9-19(18)22-13-10-17(24)11-14-22/h3-4,8-9,16-17,21,24H,2,5-7,10-15H2,1H3. The number of benzene rings is 1. The van der Waals surface area contributed by atoms with E-state index in [0.29, 0.717) is 12.6 Å². The van der Waals surface area contributed by atoms with Gasteiger partial charge in [0.15, 0.2) is 0 Å². The van der Waals surface area contributed by atoms with Gasteiger partial charge in [0, 0.05) is 25.7 Å². The first-order valence-corrected chi connectivity index (χ1v) is 9.74. The van der Waals surface area contributed by atoms with Crippen LogP contribution in [0.5, 0.6) is 0 Å². The molecule has 0 saturated carbocycles. The number of amides is 1. The van der Waals surface area contributed by atoms with Gasteiger partial charge in [0.05, 0.1) is 24.0 Å². The number of likely N-dealkylation sites (tertiary alicyclic amines) is 1. The van der Waals surface area contributed by atoms with Gasteiger partial charge in [-0.1, -0.05) is 19.1 Å². The first kappa shape index (κ1) is 18.1. The maximum atomic E-state index is 12.7. The molecule has 2 N–H and O–H groups in total. The van der Waals surface area contributed by atoms with Crippen LogP contribution in [0.4, 0.5) is 11.4 Å². The van der Waals surface area contributed by atoms with E-state index in [1.54, 1.807) is 0 Å². The van der Waals surface area contributed by atoms with Crippen LogP contribution in [-0.4, -0.2) is 54.2 Å². The van der Waals surface area contributed by atoms with E-state index in [-0.39, 0.29) is 12.0 Å². The van der Waals surface area contributed by atoms with Crippen LogP contribution in [0, 0.1) is 0 Å². The number of piperidine rings is 2. The van der Waals surface area contributed by atoms with Crippen molar-refractivity contribution in [2.24, 2.45) is 0 Å². The summed E-state index contributed by atoms with van der Waals surface area (Å²) in [6.07, 6.45) is 5.96. The summed E-state index contributed by atoms with van der Waals surface area (Å²) in [5.74, 6) is 0.204. The predicted octanol–water partition coefficient (Wildman–Crippen LogP) is 2.85. The zero-order valence-corrected chi connectivity index (χ0v) is 15.3. The number of para-hydroxylation sites is 2. The van der Waals surface area contributed by atoms with Crippen molar-refractivity contribution in [3.63, 3.8) is 0 Å². The summed E-state index contributed by atoms with van der Waals surface area (Å²) in [7, 11) is 0. The number of aliphatic hydroxyl groups is 1. The summed E-state index contributed by atoms with van der Waals surface area (Å²) in [5.41, 5.74) is 2.14. The molecule has 25 heavy (non-hydrogen) atoms. The Bertz CT molecular complexity index is 570. The first-order chi connectivity index (χ1) is 12.2. The van der Waals surface area contributed by atoms with Crippen LogP contribution in [0.1, 0.15) is 45.4 Å². The second-order valence-electron chi connectivity index (χ2n) is 7.23. The molecule has 1 aromatic rings. The van der Waals surface area contributed by atoms with Gasteiger partial charge in [-0.3, -0.25) is 4.79 Å². The molecule has 1 aromatic carbocycles. The number of hydrogen-bond acceptors (Lipinski definition) is 4. The predicted molar refractivity (Wildman–Crippen MR) is 102 cm³/mol. The minimum absolute atomic E-state index is 0.178. The van der Waals surface area contributed by atoms with Gasteiger partial charge in [-0.25, -0.2) is 0 Å². The number of nitrogens with one attached hydrogen (secondary N) is 1. The normalized spacial score (nSPS) is 22.1. The highest BCUT2D eigenvalue weighted by Crippen LogP contribution is 2.28. The molecule has 2 heterocycles. The van der Waals surface area contributed by atoms with Crippen LogP contribution >= 0.6 is 0 Å². The molecule has 2 aliphatic rings. The second kappa shape index (κ2) is 8.56. The van der Waals surface area contributed by atoms with Crippen molar-refractivity contribution >= 4 is 17.3 Å². The topological polar surface area (TPSA) is 55.8 Å². The Balaban J connectivity index is 1.62. The lowest BCUT2D eigenvalue weighted by molar-refractivity contribution is -0.133. The van der Waals surface area contributed by atoms with Gasteiger partial charge < -0.3 is 20.2 Å². The van der Waals surface area contributed by atoms with E-state index in [2.05, 4.69) is 28.1 Å². The van der Waals surface area contributed by atoms with Crippen molar-refractivity contribution in [2.45, 2.75) is 57.6 Å². The Kier molecular flexibility index (Phi) is 6.19. The van der Waals surface area contributed by atoms with Crippen molar-refractivity contribution in [3.05, 3.63) is 24.3 Å². The molecule has 0 spiro atoms. The molecule has 1 unspecified atom stereocenters. The van der Waals surface area contributed by atoms with Crippen LogP contribution in [0.15, 0.2) is 24.3 Å². The SMILES string of the molecule is CCC1CCCCN1C(=O)CNc1ccccc1N1CCC(O)CC1. The van der Waals surface area contributed by atoms with Crippen molar-refractivity contribution in [1.82, 2.24) is 4.90 Å². The molecule has 5 nitrogen and oxygen atoms in total. The van der Waals surface area contributed by atoms with E-state index < -0.39 is 0 Å². The van der Waals surface area contributed by atoms with Crippen molar-refractivity contribution in [3.8, 4) is 0 Å². The molecular weight excluding hydrogens is 314 g/mol. The second-order valence-corrected chi connectivity index (χ2v) is 7.23. The first-order valence-electron chi connectivity index (χ1n) is 9.74. The number of hydrogen-bond donors (Lipinski definition) is 2. The van der Waals surface area contributed by atoms with Crippen molar-refractivity contribution in [2.75, 3.05) is 36.4 Å². The zero-order chi connectivity index (χ0) is 17.6. The minimum atomic E-state index is -0.178. The Morgan fingerprint density at radius 2 is 1.92 bits per heavy atom. The molecular formula is C20H31N3O2. The smallest absolute Gasteiger partial charge is 0.242 e. The molecule has 2 aliphatic heterocycles. The van der Waals surface area contributed by atoms with Crippen LogP contribution in [0.3, 0.4) is 0 Å². The molecule has 2 saturated heterocycles. The third-order valence-corrected chi connectivity index (χ3v) is 5.56. The summed E-state index contributed by atoms with van der Waals surface area (Å²) in [6.45, 7) is 5.13. The number of carbonyl (C=O) groups is 1. The summed E-state index contributed by atoms with van der Waals surface area (Å²) in [6, 6.07) is 8.58. The zero-order valence-electron chi connectivity index (χ0n) is 15.3. The molecule has 5 heteroatoms. The van der Waals surface area contributed by atoms with Gasteiger partial charge in [-0.15, -0.1) is 0 Å². The van der Waals surface area contributed by atoms with E-state index in [1.807, 2.05) is 18.2 Å². The third kappa shape index (κ3) is 4.46. The largest absolute Gasteiger partial charge is 0.393 e. The molecule has 138 valence electrons. The number of aliphatic hydroxyl groups excluding tert-OH is 1. The Morgan fingerprint density at radius 3 is 2.68 bits per heavy atom. The van der Waals surface area contributed by atoms with E-state index in [4.69, 9.17) is 0 Å². The van der Waals surface area contributed by atoms with Gasteiger partial charge in [0.2, 0.25) is 5.91 Å². The fourth-order valence-electron chi connectivity index (χ4n) is 4.03. The number of anilines is 2. The van der Waals surface area contributed by atoms with Gasteiger partial charge in [-0.2, -0.15) is 0 Å². The number of carbonyl (C=O) groups excluding carboxylic acids is 1. The van der Waals surface area contributed by atoms with Crippen LogP contribution < -0.4 is 10.2 Å². The third-order valence-electron chi connectivity index (χ3n) is 5.56. The average Bonchev–Trinajstić information content (AvgIpc) is 2.67. The average molecular weight is 345 g/mol. The minimum Gasteiger partial charge on any atom is -0.393 e. The molecule has 1 atom stereocenters. The lowest BCUT2D eigenvalue weighted by Crippen LogP contribution is -2.45. The highest BCUT2D eigenvalue weighted by Gasteiger charge is 2.25. The fraction of sp³-hybridized carbons (Fsp3) is 0.650.